The molecule has 20 heavy (non-hydrogen) atoms. The summed E-state index contributed by atoms with van der Waals surface area (Å²) in [5.41, 5.74) is 1.70. The van der Waals surface area contributed by atoms with E-state index in [4.69, 9.17) is 0 Å². The number of hydrogen-bond acceptors (Lipinski definition) is 3. The molecule has 0 aromatic heterocycles. The fraction of sp³-hybridized carbons (Fsp3) is 0.529. The first-order valence-corrected chi connectivity index (χ1v) is 7.26. The van der Waals surface area contributed by atoms with Gasteiger partial charge in [0.05, 0.1) is 11.7 Å². The number of allylic oxidation sites excluding steroid dienone is 4. The van der Waals surface area contributed by atoms with Crippen LogP contribution in [0.2, 0.25) is 0 Å². The second-order valence-electron chi connectivity index (χ2n) is 5.64. The Balaban J connectivity index is 0.000000511. The predicted molar refractivity (Wildman–Crippen MR) is 90.2 cm³/mol. The Bertz CT molecular complexity index is 440. The molecule has 0 saturated heterocycles. The van der Waals surface area contributed by atoms with E-state index in [1.165, 1.54) is 18.4 Å². The van der Waals surface area contributed by atoms with Crippen LogP contribution in [0.3, 0.4) is 0 Å². The molecule has 0 fully saturated rings. The van der Waals surface area contributed by atoms with E-state index in [2.05, 4.69) is 61.9 Å². The summed E-state index contributed by atoms with van der Waals surface area (Å²) in [6.07, 6.45) is 10.1. The SMILES string of the molecule is C=CCN=C=S.CC(=O)/C=C/C1C(C)=CCCC1(C)C. The molecule has 0 aromatic carbocycles. The van der Waals surface area contributed by atoms with Crippen LogP contribution in [0.4, 0.5) is 0 Å². The van der Waals surface area contributed by atoms with Gasteiger partial charge < -0.3 is 0 Å². The van der Waals surface area contributed by atoms with Crippen molar-refractivity contribution >= 4 is 23.2 Å². The van der Waals surface area contributed by atoms with Crippen LogP contribution in [0.1, 0.15) is 40.5 Å². The molecule has 2 nitrogen and oxygen atoms in total. The lowest BCUT2D eigenvalue weighted by atomic mass is 9.68. The number of isothiocyanates is 1. The first kappa shape index (κ1) is 18.7. The third kappa shape index (κ3) is 7.32. The zero-order valence-corrected chi connectivity index (χ0v) is 13.8. The monoisotopic (exact) mass is 291 g/mol. The molecule has 1 atom stereocenters. The number of carbonyl (C=O) groups excluding carboxylic acids is 1. The highest BCUT2D eigenvalue weighted by Crippen LogP contribution is 2.41. The molecule has 0 aromatic rings. The van der Waals surface area contributed by atoms with E-state index in [9.17, 15) is 4.79 Å². The molecule has 0 heterocycles. The summed E-state index contributed by atoms with van der Waals surface area (Å²) in [5.74, 6) is 0.569. The standard InChI is InChI=1S/C13H20O.C4H5NS/c1-10-6-5-9-13(3,4)12(10)8-7-11(2)14;1-2-3-5-4-6/h6-8,12H,5,9H2,1-4H3;2H,1,3H2/b8-7+;. The summed E-state index contributed by atoms with van der Waals surface area (Å²) in [6.45, 7) is 12.3. The van der Waals surface area contributed by atoms with Crippen LogP contribution in [-0.4, -0.2) is 17.5 Å². The zero-order valence-electron chi connectivity index (χ0n) is 13.0. The third-order valence-electron chi connectivity index (χ3n) is 3.40. The van der Waals surface area contributed by atoms with Crippen LogP contribution >= 0.6 is 12.2 Å². The molecule has 0 aliphatic heterocycles. The number of hydrogen-bond donors (Lipinski definition) is 0. The van der Waals surface area contributed by atoms with Crippen LogP contribution < -0.4 is 0 Å². The number of aliphatic imine (C=N–C) groups is 1. The molecule has 0 radical (unpaired) electrons. The van der Waals surface area contributed by atoms with Gasteiger partial charge >= 0.3 is 0 Å². The molecule has 1 aliphatic rings. The fourth-order valence-corrected chi connectivity index (χ4v) is 2.39. The molecular formula is C17H25NOS. The predicted octanol–water partition coefficient (Wildman–Crippen LogP) is 4.79. The summed E-state index contributed by atoms with van der Waals surface area (Å²) in [4.78, 5) is 14.4. The molecule has 0 N–H and O–H groups in total. The van der Waals surface area contributed by atoms with Crippen molar-refractivity contribution < 1.29 is 4.79 Å². The van der Waals surface area contributed by atoms with Gasteiger partial charge in [-0.1, -0.05) is 37.6 Å². The van der Waals surface area contributed by atoms with E-state index in [1.54, 1.807) is 19.1 Å². The Labute approximate surface area is 128 Å². The zero-order chi connectivity index (χ0) is 15.6. The van der Waals surface area contributed by atoms with Crippen LogP contribution in [0.5, 0.6) is 0 Å². The van der Waals surface area contributed by atoms with Gasteiger partial charge in [-0.3, -0.25) is 4.79 Å². The maximum atomic E-state index is 10.9. The molecule has 0 bridgehead atoms. The van der Waals surface area contributed by atoms with Crippen molar-refractivity contribution in [2.24, 2.45) is 16.3 Å². The Morgan fingerprint density at radius 2 is 2.30 bits per heavy atom. The molecule has 0 spiro atoms. The topological polar surface area (TPSA) is 29.4 Å². The molecule has 110 valence electrons. The van der Waals surface area contributed by atoms with E-state index >= 15 is 0 Å². The van der Waals surface area contributed by atoms with Crippen molar-refractivity contribution in [3.8, 4) is 0 Å². The number of thiocarbonyl (C=S) groups is 1. The number of nitrogens with zero attached hydrogens (tertiary/aromatic N) is 1. The van der Waals surface area contributed by atoms with Gasteiger partial charge in [-0.15, -0.1) is 6.58 Å². The number of rotatable bonds is 4. The van der Waals surface area contributed by atoms with Crippen molar-refractivity contribution in [1.29, 1.82) is 0 Å². The molecule has 1 rings (SSSR count). The molecule has 3 heteroatoms. The highest BCUT2D eigenvalue weighted by Gasteiger charge is 2.30. The Hall–Kier alpha value is -1.31. The van der Waals surface area contributed by atoms with E-state index < -0.39 is 0 Å². The van der Waals surface area contributed by atoms with Crippen molar-refractivity contribution in [2.75, 3.05) is 6.54 Å². The van der Waals surface area contributed by atoms with Crippen LogP contribution in [0.15, 0.2) is 41.4 Å². The maximum Gasteiger partial charge on any atom is 0.152 e. The average Bonchev–Trinajstić information content (AvgIpc) is 2.35. The second-order valence-corrected chi connectivity index (χ2v) is 5.83. The summed E-state index contributed by atoms with van der Waals surface area (Å²) in [7, 11) is 0. The van der Waals surface area contributed by atoms with Gasteiger partial charge in [0, 0.05) is 5.92 Å². The molecule has 0 amide bonds. The van der Waals surface area contributed by atoms with Gasteiger partial charge in [-0.25, -0.2) is 4.99 Å². The molecule has 0 saturated carbocycles. The average molecular weight is 291 g/mol. The van der Waals surface area contributed by atoms with Crippen molar-refractivity contribution in [1.82, 2.24) is 0 Å². The van der Waals surface area contributed by atoms with Gasteiger partial charge in [-0.2, -0.15) is 0 Å². The Morgan fingerprint density at radius 1 is 1.65 bits per heavy atom. The van der Waals surface area contributed by atoms with Gasteiger partial charge in [0.25, 0.3) is 0 Å². The number of carbonyl (C=O) groups is 1. The molecule has 1 unspecified atom stereocenters. The quantitative estimate of drug-likeness (QED) is 0.322. The lowest BCUT2D eigenvalue weighted by Crippen LogP contribution is -2.26. The van der Waals surface area contributed by atoms with E-state index in [1.807, 2.05) is 0 Å². The van der Waals surface area contributed by atoms with Gasteiger partial charge in [-0.05, 0) is 50.4 Å². The fourth-order valence-electron chi connectivity index (χ4n) is 2.32. The maximum absolute atomic E-state index is 10.9. The second kappa shape index (κ2) is 9.57. The summed E-state index contributed by atoms with van der Waals surface area (Å²) in [5, 5.41) is 2.21. The van der Waals surface area contributed by atoms with Crippen LogP contribution in [0, 0.1) is 11.3 Å². The highest BCUT2D eigenvalue weighted by atomic mass is 32.1. The van der Waals surface area contributed by atoms with Crippen molar-refractivity contribution in [2.45, 2.75) is 40.5 Å². The lowest BCUT2D eigenvalue weighted by molar-refractivity contribution is -0.112. The van der Waals surface area contributed by atoms with Gasteiger partial charge in [0.1, 0.15) is 0 Å². The minimum Gasteiger partial charge on any atom is -0.295 e. The largest absolute Gasteiger partial charge is 0.295 e. The Kier molecular flexibility index (Phi) is 8.94. The third-order valence-corrected chi connectivity index (χ3v) is 3.52. The smallest absolute Gasteiger partial charge is 0.152 e. The van der Waals surface area contributed by atoms with Crippen LogP contribution in [0.25, 0.3) is 0 Å². The normalized spacial score (nSPS) is 20.2. The molecule has 1 aliphatic carbocycles. The first-order valence-electron chi connectivity index (χ1n) is 6.85. The minimum absolute atomic E-state index is 0.138. The summed E-state index contributed by atoms with van der Waals surface area (Å²) < 4.78 is 0. The van der Waals surface area contributed by atoms with Gasteiger partial charge in [0.2, 0.25) is 0 Å². The first-order chi connectivity index (χ1) is 9.35. The minimum atomic E-state index is 0.138. The van der Waals surface area contributed by atoms with Crippen molar-refractivity contribution in [3.05, 3.63) is 36.5 Å². The van der Waals surface area contributed by atoms with Crippen molar-refractivity contribution in [3.63, 3.8) is 0 Å². The highest BCUT2D eigenvalue weighted by molar-refractivity contribution is 7.78. The number of ketones is 1. The van der Waals surface area contributed by atoms with E-state index in [-0.39, 0.29) is 5.78 Å². The van der Waals surface area contributed by atoms with E-state index in [0.29, 0.717) is 17.9 Å². The lowest BCUT2D eigenvalue weighted by Gasteiger charge is -2.36. The van der Waals surface area contributed by atoms with Crippen LogP contribution in [-0.2, 0) is 4.79 Å². The Morgan fingerprint density at radius 3 is 2.70 bits per heavy atom. The molecular weight excluding hydrogens is 266 g/mol. The van der Waals surface area contributed by atoms with E-state index in [0.717, 1.165) is 0 Å². The summed E-state index contributed by atoms with van der Waals surface area (Å²) >= 11 is 4.25. The summed E-state index contributed by atoms with van der Waals surface area (Å²) in [6, 6.07) is 0. The van der Waals surface area contributed by atoms with Gasteiger partial charge in [0.15, 0.2) is 5.78 Å².